The van der Waals surface area contributed by atoms with Gasteiger partial charge in [-0.3, -0.25) is 9.36 Å². The molecule has 0 N–H and O–H groups in total. The predicted molar refractivity (Wildman–Crippen MR) is 84.2 cm³/mol. The number of likely N-dealkylation sites (tertiary alicyclic amines) is 1. The van der Waals surface area contributed by atoms with Crippen molar-refractivity contribution in [3.05, 3.63) is 16.2 Å². The van der Waals surface area contributed by atoms with E-state index in [2.05, 4.69) is 9.97 Å². The molecule has 3 rings (SSSR count). The average molecular weight is 364 g/mol. The van der Waals surface area contributed by atoms with Gasteiger partial charge in [0.25, 0.3) is 5.56 Å². The Labute approximate surface area is 138 Å². The highest BCUT2D eigenvalue weighted by atomic mass is 32.2. The van der Waals surface area contributed by atoms with Gasteiger partial charge in [0.1, 0.15) is 0 Å². The van der Waals surface area contributed by atoms with E-state index in [9.17, 15) is 18.0 Å². The van der Waals surface area contributed by atoms with Gasteiger partial charge in [0.05, 0.1) is 0 Å². The first kappa shape index (κ1) is 16.7. The first-order valence-electron chi connectivity index (χ1n) is 7.04. The molecular weight excluding hydrogens is 349 g/mol. The summed E-state index contributed by atoms with van der Waals surface area (Å²) in [6.45, 7) is 1.30. The van der Waals surface area contributed by atoms with Crippen LogP contribution in [0.2, 0.25) is 0 Å². The maximum atomic E-state index is 13.4. The summed E-state index contributed by atoms with van der Waals surface area (Å²) in [5, 5.41) is 0. The van der Waals surface area contributed by atoms with E-state index in [-0.39, 0.29) is 10.3 Å². The normalized spacial score (nSPS) is 18.0. The fourth-order valence-corrected chi connectivity index (χ4v) is 4.16. The van der Waals surface area contributed by atoms with Crippen LogP contribution in [0.15, 0.2) is 9.13 Å². The van der Waals surface area contributed by atoms with Crippen molar-refractivity contribution in [2.24, 2.45) is 0 Å². The summed E-state index contributed by atoms with van der Waals surface area (Å²) >= 11 is 2.31. The van der Waals surface area contributed by atoms with Crippen molar-refractivity contribution in [2.45, 2.75) is 29.4 Å². The summed E-state index contributed by atoms with van der Waals surface area (Å²) in [6.07, 6.45) is -1.92. The Morgan fingerprint density at radius 3 is 2.48 bits per heavy atom. The standard InChI is InChI=1S/C13H15F3N4OS2/c1-19-5-3-7(4-6-19)20-10(21)8-9(23-12(17-8)22-2)18-11(20)13(14,15)16/h7H,3-6H2,1-2H3. The highest BCUT2D eigenvalue weighted by molar-refractivity contribution is 8.00. The van der Waals surface area contributed by atoms with Gasteiger partial charge in [0.15, 0.2) is 14.7 Å². The molecule has 0 spiro atoms. The van der Waals surface area contributed by atoms with Crippen molar-refractivity contribution in [1.29, 1.82) is 0 Å². The molecule has 1 saturated heterocycles. The Bertz CT molecular complexity index is 778. The Balaban J connectivity index is 2.20. The van der Waals surface area contributed by atoms with Crippen LogP contribution in [0.1, 0.15) is 24.7 Å². The SMILES string of the molecule is CSc1nc2c(=O)n(C3CCN(C)CC3)c(C(F)(F)F)nc2s1. The van der Waals surface area contributed by atoms with Crippen LogP contribution in [0.5, 0.6) is 0 Å². The van der Waals surface area contributed by atoms with Gasteiger partial charge in [-0.05, 0) is 39.2 Å². The summed E-state index contributed by atoms with van der Waals surface area (Å²) in [5.41, 5.74) is -0.653. The van der Waals surface area contributed by atoms with E-state index in [1.807, 2.05) is 11.9 Å². The van der Waals surface area contributed by atoms with Crippen molar-refractivity contribution in [2.75, 3.05) is 26.4 Å². The van der Waals surface area contributed by atoms with Crippen molar-refractivity contribution in [1.82, 2.24) is 19.4 Å². The summed E-state index contributed by atoms with van der Waals surface area (Å²) < 4.78 is 41.6. The third-order valence-corrected chi connectivity index (χ3v) is 5.86. The minimum absolute atomic E-state index is 0.0336. The Kier molecular flexibility index (Phi) is 4.41. The molecule has 0 aromatic carbocycles. The lowest BCUT2D eigenvalue weighted by Gasteiger charge is -2.31. The molecular formula is C13H15F3N4OS2. The fraction of sp³-hybridized carbons (Fsp3) is 0.615. The lowest BCUT2D eigenvalue weighted by molar-refractivity contribution is -0.149. The molecule has 0 aliphatic carbocycles. The first-order chi connectivity index (χ1) is 10.8. The molecule has 0 atom stereocenters. The Hall–Kier alpha value is -1.13. The van der Waals surface area contributed by atoms with Crippen LogP contribution in [0.25, 0.3) is 10.3 Å². The molecule has 5 nitrogen and oxygen atoms in total. The summed E-state index contributed by atoms with van der Waals surface area (Å²) in [6, 6.07) is -0.494. The summed E-state index contributed by atoms with van der Waals surface area (Å²) in [4.78, 5) is 22.6. The number of thioether (sulfide) groups is 1. The molecule has 2 aromatic rings. The van der Waals surface area contributed by atoms with Crippen molar-refractivity contribution < 1.29 is 13.2 Å². The zero-order valence-electron chi connectivity index (χ0n) is 12.6. The van der Waals surface area contributed by atoms with Gasteiger partial charge in [-0.15, -0.1) is 0 Å². The topological polar surface area (TPSA) is 51.0 Å². The monoisotopic (exact) mass is 364 g/mol. The molecule has 2 aromatic heterocycles. The smallest absolute Gasteiger partial charge is 0.306 e. The number of nitrogens with zero attached hydrogens (tertiary/aromatic N) is 4. The lowest BCUT2D eigenvalue weighted by Crippen LogP contribution is -2.39. The molecule has 0 bridgehead atoms. The predicted octanol–water partition coefficient (Wildman–Crippen LogP) is 2.86. The molecule has 0 radical (unpaired) electrons. The van der Waals surface area contributed by atoms with E-state index in [1.54, 1.807) is 6.26 Å². The average Bonchev–Trinajstić information content (AvgIpc) is 2.91. The molecule has 3 heterocycles. The maximum absolute atomic E-state index is 13.4. The van der Waals surface area contributed by atoms with Gasteiger partial charge in [0, 0.05) is 6.04 Å². The minimum Gasteiger partial charge on any atom is -0.306 e. The second-order valence-corrected chi connectivity index (χ2v) is 7.51. The number of thiazole rings is 1. The molecule has 1 aliphatic heterocycles. The maximum Gasteiger partial charge on any atom is 0.449 e. The molecule has 0 unspecified atom stereocenters. The number of hydrogen-bond donors (Lipinski definition) is 0. The van der Waals surface area contributed by atoms with Crippen LogP contribution >= 0.6 is 23.1 Å². The van der Waals surface area contributed by atoms with Crippen LogP contribution < -0.4 is 5.56 Å². The van der Waals surface area contributed by atoms with Gasteiger partial charge in [0.2, 0.25) is 5.82 Å². The highest BCUT2D eigenvalue weighted by Crippen LogP contribution is 2.34. The van der Waals surface area contributed by atoms with Crippen LogP contribution in [0.4, 0.5) is 13.2 Å². The number of alkyl halides is 3. The zero-order valence-corrected chi connectivity index (χ0v) is 14.2. The third-order valence-electron chi connectivity index (χ3n) is 3.93. The van der Waals surface area contributed by atoms with Gasteiger partial charge in [-0.1, -0.05) is 23.1 Å². The van der Waals surface area contributed by atoms with Gasteiger partial charge >= 0.3 is 6.18 Å². The number of halogens is 3. The largest absolute Gasteiger partial charge is 0.449 e. The van der Waals surface area contributed by atoms with Crippen LogP contribution in [0.3, 0.4) is 0 Å². The van der Waals surface area contributed by atoms with E-state index in [0.717, 1.165) is 15.9 Å². The van der Waals surface area contributed by atoms with Gasteiger partial charge in [-0.25, -0.2) is 9.97 Å². The lowest BCUT2D eigenvalue weighted by atomic mass is 10.0. The van der Waals surface area contributed by atoms with Gasteiger partial charge < -0.3 is 4.90 Å². The van der Waals surface area contributed by atoms with E-state index < -0.39 is 23.6 Å². The quantitative estimate of drug-likeness (QED) is 0.767. The van der Waals surface area contributed by atoms with E-state index in [4.69, 9.17) is 0 Å². The van der Waals surface area contributed by atoms with Crippen molar-refractivity contribution in [3.63, 3.8) is 0 Å². The number of aromatic nitrogens is 3. The number of rotatable bonds is 2. The van der Waals surface area contributed by atoms with Crippen LogP contribution in [0, 0.1) is 0 Å². The molecule has 0 amide bonds. The molecule has 126 valence electrons. The zero-order chi connectivity index (χ0) is 16.8. The second-order valence-electron chi connectivity index (χ2n) is 5.48. The Morgan fingerprint density at radius 1 is 1.26 bits per heavy atom. The van der Waals surface area contributed by atoms with E-state index in [0.29, 0.717) is 30.3 Å². The summed E-state index contributed by atoms with van der Waals surface area (Å²) in [7, 11) is 1.91. The second kappa shape index (κ2) is 6.06. The third kappa shape index (κ3) is 3.11. The Morgan fingerprint density at radius 2 is 1.91 bits per heavy atom. The van der Waals surface area contributed by atoms with Gasteiger partial charge in [-0.2, -0.15) is 13.2 Å². The van der Waals surface area contributed by atoms with Crippen molar-refractivity contribution >= 4 is 33.4 Å². The van der Waals surface area contributed by atoms with E-state index in [1.165, 1.54) is 11.8 Å². The molecule has 10 heteroatoms. The van der Waals surface area contributed by atoms with Crippen molar-refractivity contribution in [3.8, 4) is 0 Å². The minimum atomic E-state index is -4.67. The number of piperidine rings is 1. The van der Waals surface area contributed by atoms with E-state index >= 15 is 0 Å². The summed E-state index contributed by atoms with van der Waals surface area (Å²) in [5.74, 6) is -1.11. The van der Waals surface area contributed by atoms with Crippen LogP contribution in [-0.2, 0) is 6.18 Å². The first-order valence-corrected chi connectivity index (χ1v) is 9.08. The molecule has 1 aliphatic rings. The highest BCUT2D eigenvalue weighted by Gasteiger charge is 2.40. The number of fused-ring (bicyclic) bond motifs is 1. The number of hydrogen-bond acceptors (Lipinski definition) is 6. The fourth-order valence-electron chi connectivity index (χ4n) is 2.75. The molecule has 0 saturated carbocycles. The van der Waals surface area contributed by atoms with Crippen LogP contribution in [-0.4, -0.2) is 45.8 Å². The molecule has 1 fully saturated rings. The molecule has 23 heavy (non-hydrogen) atoms.